The second-order valence-corrected chi connectivity index (χ2v) is 13.4. The Bertz CT molecular complexity index is 1550. The number of nitrogens with one attached hydrogen (secondary N) is 1. The van der Waals surface area contributed by atoms with Crippen molar-refractivity contribution in [2.24, 2.45) is 0 Å². The lowest BCUT2D eigenvalue weighted by Gasteiger charge is -2.34. The van der Waals surface area contributed by atoms with E-state index in [1.807, 2.05) is 0 Å². The second-order valence-electron chi connectivity index (χ2n) is 10.7. The molecule has 12 heteroatoms. The summed E-state index contributed by atoms with van der Waals surface area (Å²) in [7, 11) is -2.85. The highest BCUT2D eigenvalue weighted by Gasteiger charge is 2.34. The van der Waals surface area contributed by atoms with Gasteiger partial charge in [0.05, 0.1) is 27.7 Å². The largest absolute Gasteiger partial charge is 0.497 e. The first kappa shape index (κ1) is 33.6. The zero-order valence-electron chi connectivity index (χ0n) is 24.6. The number of benzene rings is 3. The van der Waals surface area contributed by atoms with E-state index in [0.717, 1.165) is 48.5 Å². The summed E-state index contributed by atoms with van der Waals surface area (Å²) < 4.78 is 47.9. The van der Waals surface area contributed by atoms with E-state index in [2.05, 4.69) is 5.32 Å². The molecule has 4 rings (SSSR count). The van der Waals surface area contributed by atoms with Crippen molar-refractivity contribution >= 4 is 50.7 Å². The number of ether oxygens (including phenoxy) is 1. The normalized spacial score (nSPS) is 14.5. The van der Waals surface area contributed by atoms with Crippen LogP contribution in [-0.2, 0) is 26.2 Å². The van der Waals surface area contributed by atoms with Gasteiger partial charge in [0.15, 0.2) is 0 Å². The van der Waals surface area contributed by atoms with Crippen LogP contribution in [0.1, 0.15) is 51.0 Å². The van der Waals surface area contributed by atoms with Gasteiger partial charge < -0.3 is 15.0 Å². The van der Waals surface area contributed by atoms with Crippen molar-refractivity contribution in [1.82, 2.24) is 10.2 Å². The fourth-order valence-corrected chi connectivity index (χ4v) is 7.04. The van der Waals surface area contributed by atoms with Crippen molar-refractivity contribution in [1.29, 1.82) is 0 Å². The average Bonchev–Trinajstić information content (AvgIpc) is 3.02. The Labute approximate surface area is 268 Å². The van der Waals surface area contributed by atoms with Gasteiger partial charge in [-0.1, -0.05) is 55.5 Å². The van der Waals surface area contributed by atoms with Crippen LogP contribution in [0, 0.1) is 5.82 Å². The van der Waals surface area contributed by atoms with Crippen LogP contribution in [0.2, 0.25) is 10.0 Å². The van der Waals surface area contributed by atoms with Crippen molar-refractivity contribution < 1.29 is 27.1 Å². The van der Waals surface area contributed by atoms with Crippen molar-refractivity contribution in [3.05, 3.63) is 88.2 Å². The molecule has 44 heavy (non-hydrogen) atoms. The Morgan fingerprint density at radius 2 is 1.64 bits per heavy atom. The van der Waals surface area contributed by atoms with Crippen LogP contribution in [0.3, 0.4) is 0 Å². The second kappa shape index (κ2) is 15.1. The Kier molecular flexibility index (Phi) is 11.5. The highest BCUT2D eigenvalue weighted by atomic mass is 35.5. The van der Waals surface area contributed by atoms with Crippen LogP contribution in [0.15, 0.2) is 71.6 Å². The zero-order chi connectivity index (χ0) is 31.9. The van der Waals surface area contributed by atoms with Gasteiger partial charge in [0.25, 0.3) is 10.0 Å². The van der Waals surface area contributed by atoms with Gasteiger partial charge in [-0.2, -0.15) is 0 Å². The summed E-state index contributed by atoms with van der Waals surface area (Å²) in [4.78, 5) is 29.1. The van der Waals surface area contributed by atoms with E-state index >= 15 is 0 Å². The predicted octanol–water partition coefficient (Wildman–Crippen LogP) is 6.59. The standard InChI is InChI=1S/C32H36Cl2FN3O5S/c1-3-30(32(40)36-24-7-5-4-6-8-24)37(20-22-9-18-28(33)29(34)19-22)31(39)21-38(25-12-10-23(35)11-13-25)44(41,42)27-16-14-26(43-2)15-17-27/h9-19,24,30H,3-8,20-21H2,1-2H3,(H,36,40)/t30-/m1/s1. The first-order chi connectivity index (χ1) is 21.0. The molecular formula is C32H36Cl2FN3O5S. The number of carbonyl (C=O) groups excluding carboxylic acids is 2. The fourth-order valence-electron chi connectivity index (χ4n) is 5.31. The lowest BCUT2D eigenvalue weighted by atomic mass is 9.95. The Hall–Kier alpha value is -3.34. The van der Waals surface area contributed by atoms with Crippen LogP contribution >= 0.6 is 23.2 Å². The van der Waals surface area contributed by atoms with Crippen molar-refractivity contribution in [3.63, 3.8) is 0 Å². The predicted molar refractivity (Wildman–Crippen MR) is 170 cm³/mol. The lowest BCUT2D eigenvalue weighted by Crippen LogP contribution is -2.54. The Balaban J connectivity index is 1.71. The number of methoxy groups -OCH3 is 1. The van der Waals surface area contributed by atoms with Gasteiger partial charge in [-0.3, -0.25) is 13.9 Å². The maximum Gasteiger partial charge on any atom is 0.264 e. The van der Waals surface area contributed by atoms with Crippen LogP contribution < -0.4 is 14.4 Å². The molecule has 0 heterocycles. The minimum atomic E-state index is -4.31. The molecule has 2 amide bonds. The number of amides is 2. The molecule has 0 unspecified atom stereocenters. The maximum atomic E-state index is 14.2. The summed E-state index contributed by atoms with van der Waals surface area (Å²) in [5, 5.41) is 3.72. The van der Waals surface area contributed by atoms with E-state index in [4.69, 9.17) is 27.9 Å². The van der Waals surface area contributed by atoms with Crippen LogP contribution in [0.25, 0.3) is 0 Å². The monoisotopic (exact) mass is 663 g/mol. The summed E-state index contributed by atoms with van der Waals surface area (Å²) in [5.41, 5.74) is 0.702. The van der Waals surface area contributed by atoms with Gasteiger partial charge in [-0.15, -0.1) is 0 Å². The van der Waals surface area contributed by atoms with E-state index in [9.17, 15) is 22.4 Å². The smallest absolute Gasteiger partial charge is 0.264 e. The molecule has 0 bridgehead atoms. The topological polar surface area (TPSA) is 96.0 Å². The highest BCUT2D eigenvalue weighted by Crippen LogP contribution is 2.28. The molecule has 0 radical (unpaired) electrons. The molecule has 0 aromatic heterocycles. The molecule has 0 spiro atoms. The number of nitrogens with zero attached hydrogens (tertiary/aromatic N) is 2. The molecule has 1 saturated carbocycles. The van der Waals surface area contributed by atoms with Gasteiger partial charge >= 0.3 is 0 Å². The number of rotatable bonds is 12. The molecule has 8 nitrogen and oxygen atoms in total. The lowest BCUT2D eigenvalue weighted by molar-refractivity contribution is -0.140. The SMILES string of the molecule is CC[C@H](C(=O)NC1CCCCC1)N(Cc1ccc(Cl)c(Cl)c1)C(=O)CN(c1ccc(F)cc1)S(=O)(=O)c1ccc(OC)cc1. The number of hydrogen-bond donors (Lipinski definition) is 1. The molecule has 236 valence electrons. The highest BCUT2D eigenvalue weighted by molar-refractivity contribution is 7.92. The quantitative estimate of drug-likeness (QED) is 0.236. The summed E-state index contributed by atoms with van der Waals surface area (Å²) in [6.45, 7) is 1.13. The van der Waals surface area contributed by atoms with E-state index in [1.165, 1.54) is 48.4 Å². The third-order valence-corrected chi connectivity index (χ3v) is 10.2. The number of anilines is 1. The molecule has 1 N–H and O–H groups in total. The van der Waals surface area contributed by atoms with Crippen LogP contribution in [-0.4, -0.2) is 50.9 Å². The zero-order valence-corrected chi connectivity index (χ0v) is 27.0. The van der Waals surface area contributed by atoms with Crippen molar-refractivity contribution in [2.45, 2.75) is 69.0 Å². The first-order valence-corrected chi connectivity index (χ1v) is 16.7. The first-order valence-electron chi connectivity index (χ1n) is 14.5. The molecule has 3 aromatic rings. The third kappa shape index (κ3) is 8.22. The minimum absolute atomic E-state index is 0.0124. The van der Waals surface area contributed by atoms with Gasteiger partial charge in [0.2, 0.25) is 11.8 Å². The van der Waals surface area contributed by atoms with E-state index in [-0.39, 0.29) is 40.5 Å². The molecule has 0 aliphatic heterocycles. The van der Waals surface area contributed by atoms with Crippen LogP contribution in [0.5, 0.6) is 5.75 Å². The molecular weight excluding hydrogens is 628 g/mol. The molecule has 1 atom stereocenters. The van der Waals surface area contributed by atoms with E-state index in [1.54, 1.807) is 25.1 Å². The van der Waals surface area contributed by atoms with Gasteiger partial charge in [0, 0.05) is 12.6 Å². The fraction of sp³-hybridized carbons (Fsp3) is 0.375. The minimum Gasteiger partial charge on any atom is -0.497 e. The molecule has 0 saturated heterocycles. The van der Waals surface area contributed by atoms with Crippen LogP contribution in [0.4, 0.5) is 10.1 Å². The molecule has 1 aliphatic rings. The van der Waals surface area contributed by atoms with E-state index in [0.29, 0.717) is 16.3 Å². The molecule has 1 fully saturated rings. The van der Waals surface area contributed by atoms with Gasteiger partial charge in [0.1, 0.15) is 24.2 Å². The summed E-state index contributed by atoms with van der Waals surface area (Å²) in [6.07, 6.45) is 5.16. The van der Waals surface area contributed by atoms with Gasteiger partial charge in [-0.05, 0) is 85.5 Å². The number of hydrogen-bond acceptors (Lipinski definition) is 5. The molecule has 3 aromatic carbocycles. The number of halogens is 3. The molecule has 1 aliphatic carbocycles. The summed E-state index contributed by atoms with van der Waals surface area (Å²) in [6, 6.07) is 14.6. The maximum absolute atomic E-state index is 14.2. The average molecular weight is 665 g/mol. The number of carbonyl (C=O) groups is 2. The summed E-state index contributed by atoms with van der Waals surface area (Å²) >= 11 is 12.4. The number of sulfonamides is 1. The summed E-state index contributed by atoms with van der Waals surface area (Å²) in [5.74, 6) is -1.04. The van der Waals surface area contributed by atoms with E-state index < -0.39 is 34.3 Å². The van der Waals surface area contributed by atoms with Crippen molar-refractivity contribution in [2.75, 3.05) is 18.0 Å². The Morgan fingerprint density at radius 1 is 0.977 bits per heavy atom. The third-order valence-electron chi connectivity index (χ3n) is 7.72. The van der Waals surface area contributed by atoms with Gasteiger partial charge in [-0.25, -0.2) is 12.8 Å². The van der Waals surface area contributed by atoms with Crippen molar-refractivity contribution in [3.8, 4) is 5.75 Å². The Morgan fingerprint density at radius 3 is 2.23 bits per heavy atom.